The van der Waals surface area contributed by atoms with Crippen molar-refractivity contribution in [2.45, 2.75) is 17.8 Å². The normalized spacial score (nSPS) is 10.7. The summed E-state index contributed by atoms with van der Waals surface area (Å²) < 4.78 is 17.4. The average Bonchev–Trinajstić information content (AvgIpc) is 3.20. The maximum absolute atomic E-state index is 5.38. The summed E-state index contributed by atoms with van der Waals surface area (Å²) in [5.41, 5.74) is 1.54. The third-order valence-corrected chi connectivity index (χ3v) is 4.02. The van der Waals surface area contributed by atoms with Crippen molar-refractivity contribution in [3.63, 3.8) is 0 Å². The molecule has 0 saturated heterocycles. The first-order chi connectivity index (χ1) is 11.2. The first kappa shape index (κ1) is 15.3. The molecule has 0 fully saturated rings. The van der Waals surface area contributed by atoms with Gasteiger partial charge in [0.05, 0.1) is 25.7 Å². The topological polar surface area (TPSA) is 88.1 Å². The van der Waals surface area contributed by atoms with Gasteiger partial charge in [0.1, 0.15) is 22.9 Å². The van der Waals surface area contributed by atoms with E-state index in [1.165, 1.54) is 11.8 Å². The van der Waals surface area contributed by atoms with Crippen LogP contribution in [0.3, 0.4) is 0 Å². The minimum atomic E-state index is 0.577. The lowest BCUT2D eigenvalue weighted by Crippen LogP contribution is -2.02. The molecule has 0 aliphatic heterocycles. The molecule has 0 radical (unpaired) electrons. The summed E-state index contributed by atoms with van der Waals surface area (Å²) in [6, 6.07) is 7.33. The van der Waals surface area contributed by atoms with Crippen LogP contribution in [0.1, 0.15) is 11.5 Å². The SMILES string of the molecule is COc1ccc(OC)c(-n2nnnc2SCc2cc(C)no2)c1. The fourth-order valence-corrected chi connectivity index (χ4v) is 2.76. The lowest BCUT2D eigenvalue weighted by atomic mass is 10.3. The highest BCUT2D eigenvalue weighted by molar-refractivity contribution is 7.98. The zero-order valence-electron chi connectivity index (χ0n) is 12.9. The van der Waals surface area contributed by atoms with Crippen molar-refractivity contribution in [2.75, 3.05) is 14.2 Å². The molecule has 3 rings (SSSR count). The molecule has 0 spiro atoms. The van der Waals surface area contributed by atoms with Crippen LogP contribution < -0.4 is 9.47 Å². The molecule has 8 nitrogen and oxygen atoms in total. The molecule has 0 atom stereocenters. The summed E-state index contributed by atoms with van der Waals surface area (Å²) in [4.78, 5) is 0. The van der Waals surface area contributed by atoms with Gasteiger partial charge in [0.15, 0.2) is 0 Å². The van der Waals surface area contributed by atoms with Gasteiger partial charge in [0.25, 0.3) is 0 Å². The molecule has 3 aromatic rings. The predicted octanol–water partition coefficient (Wildman–Crippen LogP) is 2.27. The van der Waals surface area contributed by atoms with E-state index in [1.54, 1.807) is 18.9 Å². The molecule has 1 aromatic carbocycles. The van der Waals surface area contributed by atoms with E-state index in [9.17, 15) is 0 Å². The number of methoxy groups -OCH3 is 2. The van der Waals surface area contributed by atoms with E-state index in [0.29, 0.717) is 28.1 Å². The summed E-state index contributed by atoms with van der Waals surface area (Å²) in [7, 11) is 3.20. The molecule has 23 heavy (non-hydrogen) atoms. The van der Waals surface area contributed by atoms with Crippen LogP contribution in [0.2, 0.25) is 0 Å². The Balaban J connectivity index is 1.88. The number of thioether (sulfide) groups is 1. The molecule has 120 valence electrons. The smallest absolute Gasteiger partial charge is 0.214 e. The second-order valence-electron chi connectivity index (χ2n) is 4.63. The quantitative estimate of drug-likeness (QED) is 0.635. The Kier molecular flexibility index (Phi) is 4.47. The molecule has 0 aliphatic carbocycles. The number of tetrazole rings is 1. The highest BCUT2D eigenvalue weighted by Gasteiger charge is 2.15. The van der Waals surface area contributed by atoms with Gasteiger partial charge in [-0.05, 0) is 29.5 Å². The maximum Gasteiger partial charge on any atom is 0.214 e. The van der Waals surface area contributed by atoms with Crippen LogP contribution in [0.5, 0.6) is 11.5 Å². The van der Waals surface area contributed by atoms with E-state index in [2.05, 4.69) is 20.7 Å². The summed E-state index contributed by atoms with van der Waals surface area (Å²) in [6.45, 7) is 1.88. The van der Waals surface area contributed by atoms with E-state index < -0.39 is 0 Å². The number of hydrogen-bond acceptors (Lipinski definition) is 8. The Morgan fingerprint density at radius 3 is 2.78 bits per heavy atom. The van der Waals surface area contributed by atoms with Gasteiger partial charge in [-0.25, -0.2) is 0 Å². The highest BCUT2D eigenvalue weighted by Crippen LogP contribution is 2.30. The summed E-state index contributed by atoms with van der Waals surface area (Å²) in [5, 5.41) is 16.3. The standard InChI is InChI=1S/C14H15N5O3S/c1-9-6-11(22-16-9)8-23-14-15-17-18-19(14)12-7-10(20-2)4-5-13(12)21-3/h4-7H,8H2,1-3H3. The molecular formula is C14H15N5O3S. The van der Waals surface area contributed by atoms with Gasteiger partial charge in [-0.3, -0.25) is 0 Å². The third-order valence-electron chi connectivity index (χ3n) is 3.08. The number of aromatic nitrogens is 5. The lowest BCUT2D eigenvalue weighted by Gasteiger charge is -2.10. The zero-order valence-corrected chi connectivity index (χ0v) is 13.7. The number of hydrogen-bond donors (Lipinski definition) is 0. The van der Waals surface area contributed by atoms with Gasteiger partial charge >= 0.3 is 0 Å². The largest absolute Gasteiger partial charge is 0.497 e. The van der Waals surface area contributed by atoms with Crippen LogP contribution in [-0.4, -0.2) is 39.6 Å². The minimum Gasteiger partial charge on any atom is -0.497 e. The summed E-state index contributed by atoms with van der Waals surface area (Å²) in [5.74, 6) is 2.68. The molecule has 9 heteroatoms. The summed E-state index contributed by atoms with van der Waals surface area (Å²) in [6.07, 6.45) is 0. The number of nitrogens with zero attached hydrogens (tertiary/aromatic N) is 5. The van der Waals surface area contributed by atoms with E-state index in [-0.39, 0.29) is 0 Å². The van der Waals surface area contributed by atoms with E-state index in [4.69, 9.17) is 14.0 Å². The van der Waals surface area contributed by atoms with Crippen LogP contribution in [0, 0.1) is 6.92 Å². The molecular weight excluding hydrogens is 318 g/mol. The lowest BCUT2D eigenvalue weighted by molar-refractivity contribution is 0.391. The van der Waals surface area contributed by atoms with Crippen molar-refractivity contribution in [2.24, 2.45) is 0 Å². The van der Waals surface area contributed by atoms with Crippen LogP contribution >= 0.6 is 11.8 Å². The van der Waals surface area contributed by atoms with Gasteiger partial charge in [0, 0.05) is 12.1 Å². The second-order valence-corrected chi connectivity index (χ2v) is 5.58. The van der Waals surface area contributed by atoms with Crippen molar-refractivity contribution in [3.8, 4) is 17.2 Å². The Morgan fingerprint density at radius 2 is 2.09 bits per heavy atom. The van der Waals surface area contributed by atoms with Crippen LogP contribution in [0.15, 0.2) is 33.9 Å². The van der Waals surface area contributed by atoms with Gasteiger partial charge in [0.2, 0.25) is 5.16 Å². The first-order valence-corrected chi connectivity index (χ1v) is 7.75. The number of ether oxygens (including phenoxy) is 2. The Labute approximate surface area is 136 Å². The van der Waals surface area contributed by atoms with Gasteiger partial charge in [-0.2, -0.15) is 4.68 Å². The monoisotopic (exact) mass is 333 g/mol. The van der Waals surface area contributed by atoms with Crippen LogP contribution in [0.4, 0.5) is 0 Å². The Morgan fingerprint density at radius 1 is 1.22 bits per heavy atom. The molecule has 0 amide bonds. The predicted molar refractivity (Wildman–Crippen MR) is 83.1 cm³/mol. The van der Waals surface area contributed by atoms with Crippen molar-refractivity contribution < 1.29 is 14.0 Å². The number of benzene rings is 1. The van der Waals surface area contributed by atoms with E-state index in [1.807, 2.05) is 31.2 Å². The Bertz CT molecular complexity index is 801. The molecule has 0 saturated carbocycles. The number of rotatable bonds is 6. The molecule has 0 bridgehead atoms. The van der Waals surface area contributed by atoms with Crippen LogP contribution in [-0.2, 0) is 5.75 Å². The molecule has 0 N–H and O–H groups in total. The van der Waals surface area contributed by atoms with E-state index in [0.717, 1.165) is 11.5 Å². The first-order valence-electron chi connectivity index (χ1n) is 6.77. The highest BCUT2D eigenvalue weighted by atomic mass is 32.2. The zero-order chi connectivity index (χ0) is 16.2. The second kappa shape index (κ2) is 6.69. The third kappa shape index (κ3) is 3.29. The van der Waals surface area contributed by atoms with Crippen molar-refractivity contribution in [1.82, 2.24) is 25.4 Å². The van der Waals surface area contributed by atoms with Crippen LogP contribution in [0.25, 0.3) is 5.69 Å². The molecule has 2 heterocycles. The average molecular weight is 333 g/mol. The fraction of sp³-hybridized carbons (Fsp3) is 0.286. The molecule has 2 aromatic heterocycles. The number of aryl methyl sites for hydroxylation is 1. The van der Waals surface area contributed by atoms with Crippen molar-refractivity contribution in [1.29, 1.82) is 0 Å². The van der Waals surface area contributed by atoms with Gasteiger partial charge in [-0.1, -0.05) is 16.9 Å². The minimum absolute atomic E-state index is 0.577. The van der Waals surface area contributed by atoms with Crippen molar-refractivity contribution >= 4 is 11.8 Å². The molecule has 0 aliphatic rings. The molecule has 0 unspecified atom stereocenters. The van der Waals surface area contributed by atoms with E-state index >= 15 is 0 Å². The maximum atomic E-state index is 5.38. The van der Waals surface area contributed by atoms with Crippen molar-refractivity contribution in [3.05, 3.63) is 35.7 Å². The summed E-state index contributed by atoms with van der Waals surface area (Å²) >= 11 is 1.44. The van der Waals surface area contributed by atoms with Gasteiger partial charge < -0.3 is 14.0 Å². The van der Waals surface area contributed by atoms with Gasteiger partial charge in [-0.15, -0.1) is 5.10 Å². The Hall–Kier alpha value is -2.55. The fourth-order valence-electron chi connectivity index (χ4n) is 2.00.